The van der Waals surface area contributed by atoms with Crippen molar-refractivity contribution in [2.75, 3.05) is 40.0 Å². The van der Waals surface area contributed by atoms with Gasteiger partial charge < -0.3 is 19.5 Å². The molecule has 0 aromatic carbocycles. The van der Waals surface area contributed by atoms with Crippen LogP contribution in [0.4, 0.5) is 0 Å². The summed E-state index contributed by atoms with van der Waals surface area (Å²) in [7, 11) is -2.59. The van der Waals surface area contributed by atoms with E-state index in [0.717, 1.165) is 32.1 Å². The van der Waals surface area contributed by atoms with Gasteiger partial charge >= 0.3 is 19.8 Å². The zero-order valence-corrected chi connectivity index (χ0v) is 28.2. The highest BCUT2D eigenvalue weighted by molar-refractivity contribution is 7.47. The Labute approximate surface area is 261 Å². The molecule has 10 nitrogen and oxygen atoms in total. The van der Waals surface area contributed by atoms with Crippen LogP contribution in [0.2, 0.25) is 0 Å². The van der Waals surface area contributed by atoms with E-state index in [2.05, 4.69) is 13.6 Å². The number of nitrogens with zero attached hydrogens (tertiary/aromatic N) is 1. The third-order valence-electron chi connectivity index (χ3n) is 7.17. The van der Waals surface area contributed by atoms with E-state index in [0.29, 0.717) is 26.0 Å². The third-order valence-corrected chi connectivity index (χ3v) is 8.15. The highest BCUT2D eigenvalue weighted by Gasteiger charge is 2.25. The van der Waals surface area contributed by atoms with Crippen LogP contribution in [-0.2, 0) is 32.7 Å². The molecular formula is C32H63NO9P+. The van der Waals surface area contributed by atoms with Crippen LogP contribution in [-0.4, -0.2) is 79.4 Å². The second-order valence-corrected chi connectivity index (χ2v) is 13.1. The van der Waals surface area contributed by atoms with Gasteiger partial charge in [0.1, 0.15) is 26.5 Å². The first-order chi connectivity index (χ1) is 20.7. The van der Waals surface area contributed by atoms with Gasteiger partial charge in [0.05, 0.1) is 13.2 Å². The van der Waals surface area contributed by atoms with Crippen molar-refractivity contribution >= 4 is 26.5 Å². The van der Waals surface area contributed by atoms with E-state index in [9.17, 15) is 19.0 Å². The van der Waals surface area contributed by atoms with Crippen LogP contribution in [0.25, 0.3) is 0 Å². The summed E-state index contributed by atoms with van der Waals surface area (Å²) in [6.07, 6.45) is 21.1. The summed E-state index contributed by atoms with van der Waals surface area (Å²) in [5, 5.41) is 8.69. The molecule has 254 valence electrons. The normalized spacial score (nSPS) is 13.5. The molecule has 0 amide bonds. The molecular weight excluding hydrogens is 573 g/mol. The highest BCUT2D eigenvalue weighted by Crippen LogP contribution is 2.43. The molecule has 11 heteroatoms. The van der Waals surface area contributed by atoms with E-state index >= 15 is 0 Å². The number of carboxylic acids is 1. The summed E-state index contributed by atoms with van der Waals surface area (Å²) in [6.45, 7) is 6.51. The number of hydrogen-bond donors (Lipinski definition) is 2. The molecule has 2 atom stereocenters. The van der Waals surface area contributed by atoms with Crippen molar-refractivity contribution in [2.24, 2.45) is 0 Å². The van der Waals surface area contributed by atoms with Gasteiger partial charge in [0.25, 0.3) is 0 Å². The number of unbranched alkanes of at least 4 members (excludes halogenated alkanes) is 17. The minimum absolute atomic E-state index is 0.0275. The van der Waals surface area contributed by atoms with Gasteiger partial charge in [-0.2, -0.15) is 0 Å². The number of phosphoric ester groups is 1. The van der Waals surface area contributed by atoms with Gasteiger partial charge in [0.2, 0.25) is 0 Å². The van der Waals surface area contributed by atoms with Gasteiger partial charge in [-0.25, -0.2) is 9.14 Å². The van der Waals surface area contributed by atoms with Crippen LogP contribution < -0.4 is 0 Å². The summed E-state index contributed by atoms with van der Waals surface area (Å²) >= 11 is 0. The molecule has 0 saturated carbocycles. The highest BCUT2D eigenvalue weighted by atomic mass is 31.2. The maximum atomic E-state index is 12.4. The fraction of sp³-hybridized carbons (Fsp3) is 0.906. The second-order valence-electron chi connectivity index (χ2n) is 11.6. The standard InChI is InChI=1S/C32H62NO9P/c1-4-5-6-7-8-9-10-11-12-13-14-15-19-22-26-39-28-30(29-41-43(37,38)40-27-25-33(2)3)42-32(36)24-21-18-16-17-20-23-31(34)35/h30H,2,4-29H2,1,3H3,(H-,34,35,37,38)/p+1/t30-/m1/s1. The van der Waals surface area contributed by atoms with Gasteiger partial charge in [0, 0.05) is 19.4 Å². The Morgan fingerprint density at radius 2 is 1.21 bits per heavy atom. The first kappa shape index (κ1) is 41.7. The Morgan fingerprint density at radius 1 is 0.721 bits per heavy atom. The molecule has 2 N–H and O–H groups in total. The van der Waals surface area contributed by atoms with Gasteiger partial charge in [-0.1, -0.05) is 110 Å². The van der Waals surface area contributed by atoms with Gasteiger partial charge in [-0.15, -0.1) is 0 Å². The molecule has 0 rings (SSSR count). The molecule has 0 saturated heterocycles. The molecule has 0 aromatic rings. The lowest BCUT2D eigenvalue weighted by molar-refractivity contribution is -0.490. The summed E-state index contributed by atoms with van der Waals surface area (Å²) in [6, 6.07) is 0. The molecule has 0 radical (unpaired) electrons. The first-order valence-electron chi connectivity index (χ1n) is 16.8. The van der Waals surface area contributed by atoms with E-state index in [4.69, 9.17) is 23.6 Å². The summed E-state index contributed by atoms with van der Waals surface area (Å²) in [5.74, 6) is -1.22. The van der Waals surface area contributed by atoms with Crippen molar-refractivity contribution < 1.29 is 47.3 Å². The van der Waals surface area contributed by atoms with Crippen molar-refractivity contribution in [2.45, 2.75) is 148 Å². The van der Waals surface area contributed by atoms with Crippen molar-refractivity contribution in [3.8, 4) is 0 Å². The number of esters is 1. The fourth-order valence-corrected chi connectivity index (χ4v) is 5.32. The number of carbonyl (C=O) groups excluding carboxylic acids is 1. The Balaban J connectivity index is 4.20. The van der Waals surface area contributed by atoms with Crippen molar-refractivity contribution in [1.29, 1.82) is 0 Å². The van der Waals surface area contributed by atoms with Crippen molar-refractivity contribution in [3.05, 3.63) is 0 Å². The van der Waals surface area contributed by atoms with Crippen LogP contribution in [0.3, 0.4) is 0 Å². The number of phosphoric acid groups is 1. The van der Waals surface area contributed by atoms with E-state index in [1.807, 2.05) is 0 Å². The molecule has 1 unspecified atom stereocenters. The predicted molar refractivity (Wildman–Crippen MR) is 171 cm³/mol. The lowest BCUT2D eigenvalue weighted by atomic mass is 10.0. The number of carbonyl (C=O) groups is 2. The predicted octanol–water partition coefficient (Wildman–Crippen LogP) is 7.69. The zero-order chi connectivity index (χ0) is 32.0. The molecule has 0 heterocycles. The van der Waals surface area contributed by atoms with E-state index in [1.54, 1.807) is 11.6 Å². The molecule has 0 aliphatic carbocycles. The Hall–Kier alpha value is -1.32. The monoisotopic (exact) mass is 636 g/mol. The summed E-state index contributed by atoms with van der Waals surface area (Å²) < 4.78 is 35.0. The lowest BCUT2D eigenvalue weighted by Crippen LogP contribution is -2.28. The summed E-state index contributed by atoms with van der Waals surface area (Å²) in [4.78, 5) is 32.9. The van der Waals surface area contributed by atoms with E-state index < -0.39 is 25.9 Å². The Kier molecular flexibility index (Phi) is 28.5. The molecule has 0 aromatic heterocycles. The number of rotatable bonds is 33. The van der Waals surface area contributed by atoms with Crippen LogP contribution in [0.15, 0.2) is 0 Å². The zero-order valence-electron chi connectivity index (χ0n) is 27.3. The van der Waals surface area contributed by atoms with Crippen LogP contribution in [0.5, 0.6) is 0 Å². The number of ether oxygens (including phenoxy) is 2. The molecule has 0 fully saturated rings. The van der Waals surface area contributed by atoms with Crippen LogP contribution in [0.1, 0.15) is 142 Å². The average molecular weight is 637 g/mol. The largest absolute Gasteiger partial charge is 0.481 e. The molecule has 43 heavy (non-hydrogen) atoms. The SMILES string of the molecule is C=[N+](C)CCOP(=O)(O)OC[C@@H](COCCCCCCCCCCCCCCCC)OC(=O)CCCCCCCC(=O)O. The smallest absolute Gasteiger partial charge is 0.472 e. The van der Waals surface area contributed by atoms with Gasteiger partial charge in [-0.3, -0.25) is 18.6 Å². The van der Waals surface area contributed by atoms with Crippen LogP contribution in [0, 0.1) is 0 Å². The number of carboxylic acid groups (broad SMARTS) is 1. The third kappa shape index (κ3) is 31.9. The van der Waals surface area contributed by atoms with E-state index in [-0.39, 0.29) is 32.7 Å². The fourth-order valence-electron chi connectivity index (χ4n) is 4.58. The van der Waals surface area contributed by atoms with Crippen molar-refractivity contribution in [3.63, 3.8) is 0 Å². The molecule has 0 spiro atoms. The minimum Gasteiger partial charge on any atom is -0.481 e. The summed E-state index contributed by atoms with van der Waals surface area (Å²) in [5.41, 5.74) is 0. The van der Waals surface area contributed by atoms with Gasteiger partial charge in [-0.05, 0) is 19.3 Å². The molecule has 0 aliphatic rings. The minimum atomic E-state index is -4.31. The Morgan fingerprint density at radius 3 is 1.72 bits per heavy atom. The maximum absolute atomic E-state index is 12.4. The van der Waals surface area contributed by atoms with Gasteiger partial charge in [0.15, 0.2) is 6.54 Å². The average Bonchev–Trinajstić information content (AvgIpc) is 2.94. The topological polar surface area (TPSA) is 132 Å². The number of likely N-dealkylation sites (N-methyl/N-ethyl adjacent to an activating group) is 1. The second kappa shape index (κ2) is 29.4. The quantitative estimate of drug-likeness (QED) is 0.0245. The lowest BCUT2D eigenvalue weighted by Gasteiger charge is -2.20. The first-order valence-corrected chi connectivity index (χ1v) is 18.3. The maximum Gasteiger partial charge on any atom is 0.472 e. The van der Waals surface area contributed by atoms with E-state index in [1.165, 1.54) is 77.0 Å². The van der Waals surface area contributed by atoms with Crippen molar-refractivity contribution in [1.82, 2.24) is 0 Å². The molecule has 0 bridgehead atoms. The number of hydrogen-bond acceptors (Lipinski definition) is 7. The number of aliphatic carboxylic acids is 1. The van der Waals surface area contributed by atoms with Crippen LogP contribution >= 0.6 is 7.82 Å². The Bertz CT molecular complexity index is 750. The molecule has 0 aliphatic heterocycles.